The third-order valence-corrected chi connectivity index (χ3v) is 6.87. The van der Waals surface area contributed by atoms with Crippen LogP contribution in [0, 0.1) is 0 Å². The van der Waals surface area contributed by atoms with Crippen LogP contribution in [-0.2, 0) is 20.6 Å². The molecule has 0 bridgehead atoms. The second-order valence-electron chi connectivity index (χ2n) is 6.74. The van der Waals surface area contributed by atoms with E-state index in [2.05, 4.69) is 17.4 Å². The monoisotopic (exact) mass is 494 g/mol. The molecule has 0 aliphatic heterocycles. The first-order valence-corrected chi connectivity index (χ1v) is 12.8. The summed E-state index contributed by atoms with van der Waals surface area (Å²) in [5.41, 5.74) is 1.91. The van der Waals surface area contributed by atoms with Crippen molar-refractivity contribution in [1.29, 1.82) is 0 Å². The maximum Gasteiger partial charge on any atom is 0.245 e. The van der Waals surface area contributed by atoms with E-state index < -0.39 is 22.5 Å². The molecule has 0 spiro atoms. The van der Waals surface area contributed by atoms with Gasteiger partial charge >= 0.3 is 0 Å². The fourth-order valence-electron chi connectivity index (χ4n) is 2.78. The number of carbonyl (C=O) groups is 1. The van der Waals surface area contributed by atoms with Crippen molar-refractivity contribution in [3.63, 3.8) is 0 Å². The molecule has 1 amide bonds. The molecular formula is C22H20Cl2N2O3S2. The second-order valence-corrected chi connectivity index (χ2v) is 10.6. The molecule has 31 heavy (non-hydrogen) atoms. The lowest BCUT2D eigenvalue weighted by molar-refractivity contribution is -0.114. The van der Waals surface area contributed by atoms with Gasteiger partial charge in [0.25, 0.3) is 0 Å². The SMILES string of the molecule is CS(=O)(=O)N(CC(=O)Nc1ccc(CSc2ccccc2)cc1)c1cc(Cl)cc(Cl)c1. The number of anilines is 2. The molecule has 0 fully saturated rings. The van der Waals surface area contributed by atoms with Crippen molar-refractivity contribution in [1.82, 2.24) is 0 Å². The highest BCUT2D eigenvalue weighted by Crippen LogP contribution is 2.27. The van der Waals surface area contributed by atoms with Crippen molar-refractivity contribution in [3.05, 3.63) is 88.4 Å². The number of sulfonamides is 1. The third kappa shape index (κ3) is 7.18. The number of nitrogens with zero attached hydrogens (tertiary/aromatic N) is 1. The summed E-state index contributed by atoms with van der Waals surface area (Å²) in [6.45, 7) is -0.402. The summed E-state index contributed by atoms with van der Waals surface area (Å²) in [6, 6.07) is 21.9. The molecule has 0 aliphatic carbocycles. The normalized spacial score (nSPS) is 11.2. The van der Waals surface area contributed by atoms with Crippen molar-refractivity contribution < 1.29 is 13.2 Å². The molecule has 0 unspecified atom stereocenters. The summed E-state index contributed by atoms with van der Waals surface area (Å²) in [4.78, 5) is 13.7. The Morgan fingerprint density at radius 2 is 1.58 bits per heavy atom. The van der Waals surface area contributed by atoms with Gasteiger partial charge in [-0.25, -0.2) is 8.42 Å². The van der Waals surface area contributed by atoms with Gasteiger partial charge in [-0.05, 0) is 48.0 Å². The lowest BCUT2D eigenvalue weighted by Crippen LogP contribution is -2.37. The van der Waals surface area contributed by atoms with Gasteiger partial charge in [-0.15, -0.1) is 11.8 Å². The Labute approximate surface area is 196 Å². The molecule has 9 heteroatoms. The van der Waals surface area contributed by atoms with Gasteiger partial charge in [0.1, 0.15) is 6.54 Å². The van der Waals surface area contributed by atoms with E-state index in [4.69, 9.17) is 23.2 Å². The number of nitrogens with one attached hydrogen (secondary N) is 1. The van der Waals surface area contributed by atoms with Gasteiger partial charge in [-0.3, -0.25) is 9.10 Å². The van der Waals surface area contributed by atoms with E-state index in [9.17, 15) is 13.2 Å². The lowest BCUT2D eigenvalue weighted by Gasteiger charge is -2.22. The van der Waals surface area contributed by atoms with Crippen LogP contribution in [0.4, 0.5) is 11.4 Å². The van der Waals surface area contributed by atoms with E-state index in [0.717, 1.165) is 21.9 Å². The van der Waals surface area contributed by atoms with Crippen molar-refractivity contribution in [2.75, 3.05) is 22.4 Å². The molecule has 162 valence electrons. The number of rotatable bonds is 8. The molecular weight excluding hydrogens is 475 g/mol. The molecule has 3 rings (SSSR count). The Bertz CT molecular complexity index is 1130. The molecule has 0 saturated heterocycles. The zero-order valence-electron chi connectivity index (χ0n) is 16.6. The van der Waals surface area contributed by atoms with Gasteiger partial charge in [0.2, 0.25) is 15.9 Å². The number of benzene rings is 3. The van der Waals surface area contributed by atoms with Crippen LogP contribution < -0.4 is 9.62 Å². The number of halogens is 2. The number of carbonyl (C=O) groups excluding carboxylic acids is 1. The first-order valence-electron chi connectivity index (χ1n) is 9.21. The summed E-state index contributed by atoms with van der Waals surface area (Å²) in [6.07, 6.45) is 1.02. The van der Waals surface area contributed by atoms with Crippen LogP contribution in [0.15, 0.2) is 77.7 Å². The highest BCUT2D eigenvalue weighted by molar-refractivity contribution is 7.98. The Morgan fingerprint density at radius 3 is 2.16 bits per heavy atom. The average Bonchev–Trinajstić information content (AvgIpc) is 2.71. The number of hydrogen-bond acceptors (Lipinski definition) is 4. The van der Waals surface area contributed by atoms with E-state index in [0.29, 0.717) is 5.69 Å². The second kappa shape index (κ2) is 10.4. The van der Waals surface area contributed by atoms with Gasteiger partial charge in [0, 0.05) is 26.4 Å². The summed E-state index contributed by atoms with van der Waals surface area (Å²) < 4.78 is 25.4. The topological polar surface area (TPSA) is 66.5 Å². The zero-order valence-corrected chi connectivity index (χ0v) is 19.7. The van der Waals surface area contributed by atoms with Gasteiger partial charge in [-0.1, -0.05) is 53.5 Å². The van der Waals surface area contributed by atoms with Gasteiger partial charge in [-0.2, -0.15) is 0 Å². The average molecular weight is 495 g/mol. The molecule has 3 aromatic rings. The van der Waals surface area contributed by atoms with Crippen LogP contribution >= 0.6 is 35.0 Å². The highest BCUT2D eigenvalue weighted by Gasteiger charge is 2.21. The van der Waals surface area contributed by atoms with Crippen molar-refractivity contribution in [2.24, 2.45) is 0 Å². The first kappa shape index (κ1) is 23.5. The summed E-state index contributed by atoms with van der Waals surface area (Å²) in [5.74, 6) is 0.322. The fraction of sp³-hybridized carbons (Fsp3) is 0.136. The van der Waals surface area contributed by atoms with E-state index in [1.54, 1.807) is 23.9 Å². The minimum Gasteiger partial charge on any atom is -0.325 e. The number of hydrogen-bond donors (Lipinski definition) is 1. The quantitative estimate of drug-likeness (QED) is 0.408. The molecule has 0 saturated carbocycles. The minimum absolute atomic E-state index is 0.225. The fourth-order valence-corrected chi connectivity index (χ4v) is 5.01. The molecule has 0 radical (unpaired) electrons. The van der Waals surface area contributed by atoms with Crippen LogP contribution in [0.5, 0.6) is 0 Å². The maximum atomic E-state index is 12.5. The molecule has 0 aliphatic rings. The Hall–Kier alpha value is -2.19. The zero-order chi connectivity index (χ0) is 22.4. The predicted octanol–water partition coefficient (Wildman–Crippen LogP) is 5.69. The lowest BCUT2D eigenvalue weighted by atomic mass is 10.2. The highest BCUT2D eigenvalue weighted by atomic mass is 35.5. The van der Waals surface area contributed by atoms with Gasteiger partial charge < -0.3 is 5.32 Å². The summed E-state index contributed by atoms with van der Waals surface area (Å²) in [5, 5.41) is 3.28. The van der Waals surface area contributed by atoms with Crippen molar-refractivity contribution in [3.8, 4) is 0 Å². The van der Waals surface area contributed by atoms with Crippen LogP contribution in [0.3, 0.4) is 0 Å². The third-order valence-electron chi connectivity index (χ3n) is 4.21. The minimum atomic E-state index is -3.73. The molecule has 5 nitrogen and oxygen atoms in total. The van der Waals surface area contributed by atoms with Crippen LogP contribution in [0.2, 0.25) is 10.0 Å². The molecule has 3 aromatic carbocycles. The molecule has 1 N–H and O–H groups in total. The summed E-state index contributed by atoms with van der Waals surface area (Å²) >= 11 is 13.7. The molecule has 0 atom stereocenters. The molecule has 0 aromatic heterocycles. The van der Waals surface area contributed by atoms with E-state index >= 15 is 0 Å². The summed E-state index contributed by atoms with van der Waals surface area (Å²) in [7, 11) is -3.73. The Morgan fingerprint density at radius 1 is 0.968 bits per heavy atom. The molecule has 0 heterocycles. The van der Waals surface area contributed by atoms with Crippen molar-refractivity contribution in [2.45, 2.75) is 10.6 Å². The standard InChI is InChI=1S/C22H20Cl2N2O3S2/c1-31(28,29)26(20-12-17(23)11-18(24)13-20)14-22(27)25-19-9-7-16(8-10-19)15-30-21-5-3-2-4-6-21/h2-13H,14-15H2,1H3,(H,25,27). The van der Waals surface area contributed by atoms with Crippen LogP contribution in [0.1, 0.15) is 5.56 Å². The predicted molar refractivity (Wildman–Crippen MR) is 130 cm³/mol. The van der Waals surface area contributed by atoms with Gasteiger partial charge in [0.15, 0.2) is 0 Å². The van der Waals surface area contributed by atoms with E-state index in [1.807, 2.05) is 30.3 Å². The van der Waals surface area contributed by atoms with Gasteiger partial charge in [0.05, 0.1) is 11.9 Å². The van der Waals surface area contributed by atoms with E-state index in [1.165, 1.54) is 23.1 Å². The first-order chi connectivity index (χ1) is 14.7. The Kier molecular flexibility index (Phi) is 7.89. The number of amides is 1. The largest absolute Gasteiger partial charge is 0.325 e. The Balaban J connectivity index is 1.64. The van der Waals surface area contributed by atoms with Crippen LogP contribution in [0.25, 0.3) is 0 Å². The van der Waals surface area contributed by atoms with E-state index in [-0.39, 0.29) is 15.7 Å². The van der Waals surface area contributed by atoms with Crippen LogP contribution in [-0.4, -0.2) is 27.1 Å². The van der Waals surface area contributed by atoms with Crippen molar-refractivity contribution >= 4 is 62.3 Å². The number of thioether (sulfide) groups is 1. The smallest absolute Gasteiger partial charge is 0.245 e. The maximum absolute atomic E-state index is 12.5.